The van der Waals surface area contributed by atoms with Crippen LogP contribution in [0.5, 0.6) is 5.75 Å². The summed E-state index contributed by atoms with van der Waals surface area (Å²) in [6.07, 6.45) is 0. The Balaban J connectivity index is 2.10. The molecule has 1 atom stereocenters. The van der Waals surface area contributed by atoms with Crippen molar-refractivity contribution < 1.29 is 19.4 Å². The van der Waals surface area contributed by atoms with Crippen LogP contribution in [0.25, 0.3) is 5.76 Å². The molecule has 6 nitrogen and oxygen atoms in total. The number of carbonyl (C=O) groups excluding carboxylic acids is 2. The number of benzene rings is 2. The number of Topliss-reactive ketones (excluding diaryl/α,β-unsaturated/α-hetero) is 1. The Hall–Kier alpha value is -3.12. The van der Waals surface area contributed by atoms with Crippen molar-refractivity contribution >= 4 is 17.4 Å². The maximum absolute atomic E-state index is 13.2. The molecule has 1 amide bonds. The molecule has 176 valence electrons. The molecule has 0 bridgehead atoms. The standard InChI is InChI=1S/C27H34N2O4/c1-6-28(7-2)15-16-29-24(20-13-11-19(12-14-20)18(3)4)23(26(31)27(29)32)25(30)21-9-8-10-22(17-21)33-5/h8-14,17-18,24,30H,6-7,15-16H2,1-5H3. The van der Waals surface area contributed by atoms with Crippen molar-refractivity contribution in [2.45, 2.75) is 39.7 Å². The normalized spacial score (nSPS) is 17.9. The Morgan fingerprint density at radius 2 is 1.76 bits per heavy atom. The highest BCUT2D eigenvalue weighted by Crippen LogP contribution is 2.40. The fraction of sp³-hybridized carbons (Fsp3) is 0.407. The Bertz CT molecular complexity index is 1020. The fourth-order valence-corrected chi connectivity index (χ4v) is 4.24. The lowest BCUT2D eigenvalue weighted by atomic mass is 9.93. The minimum Gasteiger partial charge on any atom is -0.507 e. The second kappa shape index (κ2) is 10.7. The van der Waals surface area contributed by atoms with E-state index in [1.165, 1.54) is 5.56 Å². The van der Waals surface area contributed by atoms with Gasteiger partial charge in [-0.25, -0.2) is 0 Å². The Labute approximate surface area is 196 Å². The van der Waals surface area contributed by atoms with Crippen molar-refractivity contribution in [2.24, 2.45) is 0 Å². The lowest BCUT2D eigenvalue weighted by molar-refractivity contribution is -0.140. The van der Waals surface area contributed by atoms with E-state index in [9.17, 15) is 14.7 Å². The molecule has 1 aliphatic rings. The van der Waals surface area contributed by atoms with Gasteiger partial charge in [0.05, 0.1) is 18.7 Å². The third-order valence-electron chi connectivity index (χ3n) is 6.35. The summed E-state index contributed by atoms with van der Waals surface area (Å²) in [4.78, 5) is 30.1. The van der Waals surface area contributed by atoms with Gasteiger partial charge in [0.15, 0.2) is 0 Å². The number of ketones is 1. The van der Waals surface area contributed by atoms with Gasteiger partial charge in [0, 0.05) is 18.7 Å². The monoisotopic (exact) mass is 450 g/mol. The first-order valence-electron chi connectivity index (χ1n) is 11.6. The molecule has 3 rings (SSSR count). The van der Waals surface area contributed by atoms with Crippen molar-refractivity contribution in [3.63, 3.8) is 0 Å². The first kappa shape index (κ1) is 24.5. The van der Waals surface area contributed by atoms with Crippen LogP contribution in [-0.2, 0) is 9.59 Å². The van der Waals surface area contributed by atoms with Crippen LogP contribution in [0.1, 0.15) is 56.3 Å². The molecule has 2 aromatic rings. The minimum absolute atomic E-state index is 0.116. The van der Waals surface area contributed by atoms with E-state index in [4.69, 9.17) is 4.74 Å². The molecule has 1 saturated heterocycles. The summed E-state index contributed by atoms with van der Waals surface area (Å²) in [5, 5.41) is 11.2. The van der Waals surface area contributed by atoms with Crippen LogP contribution in [0.4, 0.5) is 0 Å². The van der Waals surface area contributed by atoms with Gasteiger partial charge in [0.25, 0.3) is 11.7 Å². The second-order valence-electron chi connectivity index (χ2n) is 8.57. The zero-order valence-corrected chi connectivity index (χ0v) is 20.2. The van der Waals surface area contributed by atoms with Crippen LogP contribution in [0, 0.1) is 0 Å². The molecule has 1 N–H and O–H groups in total. The summed E-state index contributed by atoms with van der Waals surface area (Å²) in [6.45, 7) is 11.2. The van der Waals surface area contributed by atoms with Crippen molar-refractivity contribution in [3.8, 4) is 5.75 Å². The van der Waals surface area contributed by atoms with Gasteiger partial charge >= 0.3 is 0 Å². The molecule has 1 unspecified atom stereocenters. The molecule has 6 heteroatoms. The summed E-state index contributed by atoms with van der Waals surface area (Å²) < 4.78 is 5.27. The van der Waals surface area contributed by atoms with Gasteiger partial charge in [-0.1, -0.05) is 64.1 Å². The SMILES string of the molecule is CCN(CC)CCN1C(=O)C(=O)C(=C(O)c2cccc(OC)c2)C1c1ccc(C(C)C)cc1. The van der Waals surface area contributed by atoms with Gasteiger partial charge in [-0.3, -0.25) is 9.59 Å². The van der Waals surface area contributed by atoms with E-state index >= 15 is 0 Å². The average Bonchev–Trinajstić information content (AvgIpc) is 3.09. The van der Waals surface area contributed by atoms with Crippen LogP contribution in [0.15, 0.2) is 54.1 Å². The summed E-state index contributed by atoms with van der Waals surface area (Å²) >= 11 is 0. The predicted molar refractivity (Wildman–Crippen MR) is 130 cm³/mol. The number of nitrogens with zero attached hydrogens (tertiary/aromatic N) is 2. The van der Waals surface area contributed by atoms with Gasteiger partial charge in [0.1, 0.15) is 11.5 Å². The third-order valence-corrected chi connectivity index (χ3v) is 6.35. The quantitative estimate of drug-likeness (QED) is 0.344. The lowest BCUT2D eigenvalue weighted by Crippen LogP contribution is -2.38. The van der Waals surface area contributed by atoms with Crippen molar-refractivity contribution in [3.05, 3.63) is 70.8 Å². The molecule has 1 heterocycles. The number of hydrogen-bond acceptors (Lipinski definition) is 5. The zero-order chi connectivity index (χ0) is 24.1. The van der Waals surface area contributed by atoms with Crippen LogP contribution >= 0.6 is 0 Å². The molecule has 1 fully saturated rings. The minimum atomic E-state index is -0.659. The highest BCUT2D eigenvalue weighted by Gasteiger charge is 2.46. The van der Waals surface area contributed by atoms with Crippen LogP contribution < -0.4 is 4.74 Å². The third kappa shape index (κ3) is 5.11. The van der Waals surface area contributed by atoms with Crippen molar-refractivity contribution in [2.75, 3.05) is 33.3 Å². The van der Waals surface area contributed by atoms with Crippen LogP contribution in [0.2, 0.25) is 0 Å². The van der Waals surface area contributed by atoms with Crippen LogP contribution in [-0.4, -0.2) is 59.9 Å². The molecule has 2 aromatic carbocycles. The fourth-order valence-electron chi connectivity index (χ4n) is 4.24. The smallest absolute Gasteiger partial charge is 0.295 e. The number of hydrogen-bond donors (Lipinski definition) is 1. The average molecular weight is 451 g/mol. The second-order valence-corrected chi connectivity index (χ2v) is 8.57. The molecule has 33 heavy (non-hydrogen) atoms. The van der Waals surface area contributed by atoms with E-state index in [1.807, 2.05) is 24.3 Å². The van der Waals surface area contributed by atoms with E-state index < -0.39 is 17.7 Å². The lowest BCUT2D eigenvalue weighted by Gasteiger charge is -2.28. The molecule has 0 saturated carbocycles. The number of amides is 1. The van der Waals surface area contributed by atoms with E-state index in [0.29, 0.717) is 30.3 Å². The highest BCUT2D eigenvalue weighted by atomic mass is 16.5. The molecule has 0 aliphatic carbocycles. The van der Waals surface area contributed by atoms with Gasteiger partial charge in [-0.2, -0.15) is 0 Å². The van der Waals surface area contributed by atoms with Crippen molar-refractivity contribution in [1.82, 2.24) is 9.80 Å². The number of likely N-dealkylation sites (tertiary alicyclic amines) is 1. The van der Waals surface area contributed by atoms with Crippen molar-refractivity contribution in [1.29, 1.82) is 0 Å². The summed E-state index contributed by atoms with van der Waals surface area (Å²) in [7, 11) is 1.54. The summed E-state index contributed by atoms with van der Waals surface area (Å²) in [5.74, 6) is -0.495. The first-order valence-corrected chi connectivity index (χ1v) is 11.6. The molecule has 1 aliphatic heterocycles. The van der Waals surface area contributed by atoms with Gasteiger partial charge in [-0.05, 0) is 42.3 Å². The largest absolute Gasteiger partial charge is 0.507 e. The Kier molecular flexibility index (Phi) is 7.92. The molecular formula is C27H34N2O4. The van der Waals surface area contributed by atoms with E-state index in [-0.39, 0.29) is 11.3 Å². The number of aliphatic hydroxyl groups excluding tert-OH is 1. The van der Waals surface area contributed by atoms with Crippen LogP contribution in [0.3, 0.4) is 0 Å². The molecule has 0 spiro atoms. The summed E-state index contributed by atoms with van der Waals surface area (Å²) in [6, 6.07) is 14.2. The molecular weight excluding hydrogens is 416 g/mol. The molecule has 0 radical (unpaired) electrons. The Morgan fingerprint density at radius 1 is 1.09 bits per heavy atom. The number of methoxy groups -OCH3 is 1. The highest BCUT2D eigenvalue weighted by molar-refractivity contribution is 6.46. The number of rotatable bonds is 9. The Morgan fingerprint density at radius 3 is 2.33 bits per heavy atom. The van der Waals surface area contributed by atoms with E-state index in [1.54, 1.807) is 36.3 Å². The number of aliphatic hydroxyl groups is 1. The maximum Gasteiger partial charge on any atom is 0.295 e. The zero-order valence-electron chi connectivity index (χ0n) is 20.2. The molecule has 0 aromatic heterocycles. The first-order chi connectivity index (χ1) is 15.8. The topological polar surface area (TPSA) is 70.1 Å². The van der Waals surface area contributed by atoms with Gasteiger partial charge in [0.2, 0.25) is 0 Å². The summed E-state index contributed by atoms with van der Waals surface area (Å²) in [5.41, 5.74) is 2.54. The van der Waals surface area contributed by atoms with Gasteiger partial charge < -0.3 is 19.6 Å². The predicted octanol–water partition coefficient (Wildman–Crippen LogP) is 4.58. The van der Waals surface area contributed by atoms with E-state index in [0.717, 1.165) is 18.7 Å². The number of likely N-dealkylation sites (N-methyl/N-ethyl adjacent to an activating group) is 1. The number of ether oxygens (including phenoxy) is 1. The van der Waals surface area contributed by atoms with E-state index in [2.05, 4.69) is 32.6 Å². The maximum atomic E-state index is 13.2. The number of carbonyl (C=O) groups is 2. The van der Waals surface area contributed by atoms with Gasteiger partial charge in [-0.15, -0.1) is 0 Å².